The Morgan fingerprint density at radius 1 is 1.00 bits per heavy atom. The minimum Gasteiger partial charge on any atom is -0.399 e. The monoisotopic (exact) mass is 272 g/mol. The lowest BCUT2D eigenvalue weighted by Gasteiger charge is -2.31. The highest BCUT2D eigenvalue weighted by Crippen LogP contribution is 2.30. The van der Waals surface area contributed by atoms with Crippen molar-refractivity contribution in [2.24, 2.45) is 0 Å². The SMILES string of the molecule is CC(c1cccc(N)c1)N(C)C(C)c1ccccc1F. The van der Waals surface area contributed by atoms with E-state index in [1.165, 1.54) is 6.07 Å². The average molecular weight is 272 g/mol. The van der Waals surface area contributed by atoms with Gasteiger partial charge in [-0.15, -0.1) is 0 Å². The zero-order chi connectivity index (χ0) is 14.7. The van der Waals surface area contributed by atoms with Gasteiger partial charge in [-0.25, -0.2) is 4.39 Å². The van der Waals surface area contributed by atoms with E-state index in [1.807, 2.05) is 50.4 Å². The first kappa shape index (κ1) is 14.5. The van der Waals surface area contributed by atoms with E-state index in [0.29, 0.717) is 5.56 Å². The van der Waals surface area contributed by atoms with Crippen molar-refractivity contribution in [3.05, 3.63) is 65.5 Å². The highest BCUT2D eigenvalue weighted by molar-refractivity contribution is 5.41. The van der Waals surface area contributed by atoms with Crippen molar-refractivity contribution in [1.29, 1.82) is 0 Å². The molecule has 2 aromatic rings. The van der Waals surface area contributed by atoms with Gasteiger partial charge in [0.05, 0.1) is 0 Å². The number of halogens is 1. The van der Waals surface area contributed by atoms with E-state index in [4.69, 9.17) is 5.73 Å². The Hall–Kier alpha value is -1.87. The summed E-state index contributed by atoms with van der Waals surface area (Å²) in [4.78, 5) is 2.15. The van der Waals surface area contributed by atoms with Gasteiger partial charge in [0.25, 0.3) is 0 Å². The fourth-order valence-corrected chi connectivity index (χ4v) is 2.42. The Kier molecular flexibility index (Phi) is 4.40. The molecule has 2 aromatic carbocycles. The zero-order valence-electron chi connectivity index (χ0n) is 12.2. The van der Waals surface area contributed by atoms with Crippen molar-refractivity contribution < 1.29 is 4.39 Å². The molecule has 2 rings (SSSR count). The Bertz CT molecular complexity index is 583. The van der Waals surface area contributed by atoms with Crippen molar-refractivity contribution in [3.8, 4) is 0 Å². The maximum atomic E-state index is 13.9. The Labute approximate surface area is 120 Å². The lowest BCUT2D eigenvalue weighted by Crippen LogP contribution is -2.26. The van der Waals surface area contributed by atoms with Gasteiger partial charge in [0.15, 0.2) is 0 Å². The third-order valence-corrected chi connectivity index (χ3v) is 3.97. The standard InChI is InChI=1S/C17H21FN2/c1-12(14-7-6-8-15(19)11-14)20(3)13(2)16-9-4-5-10-17(16)18/h4-13H,19H2,1-3H3. The number of nitrogens with two attached hydrogens (primary N) is 1. The van der Waals surface area contributed by atoms with Gasteiger partial charge in [-0.1, -0.05) is 30.3 Å². The van der Waals surface area contributed by atoms with Crippen LogP contribution in [0.15, 0.2) is 48.5 Å². The van der Waals surface area contributed by atoms with Gasteiger partial charge in [-0.2, -0.15) is 0 Å². The lowest BCUT2D eigenvalue weighted by molar-refractivity contribution is 0.195. The molecule has 20 heavy (non-hydrogen) atoms. The van der Waals surface area contributed by atoms with Gasteiger partial charge in [0, 0.05) is 23.3 Å². The van der Waals surface area contributed by atoms with Crippen molar-refractivity contribution in [1.82, 2.24) is 4.90 Å². The van der Waals surface area contributed by atoms with Gasteiger partial charge < -0.3 is 5.73 Å². The van der Waals surface area contributed by atoms with Crippen LogP contribution < -0.4 is 5.73 Å². The van der Waals surface area contributed by atoms with Crippen LogP contribution in [0.1, 0.15) is 37.1 Å². The first-order chi connectivity index (χ1) is 9.50. The summed E-state index contributed by atoms with van der Waals surface area (Å²) in [5.41, 5.74) is 8.43. The second-order valence-corrected chi connectivity index (χ2v) is 5.21. The predicted octanol–water partition coefficient (Wildman–Crippen LogP) is 4.16. The molecule has 2 unspecified atom stereocenters. The van der Waals surface area contributed by atoms with E-state index < -0.39 is 0 Å². The highest BCUT2D eigenvalue weighted by atomic mass is 19.1. The molecule has 0 radical (unpaired) electrons. The Morgan fingerprint density at radius 2 is 1.70 bits per heavy atom. The molecular formula is C17H21FN2. The van der Waals surface area contributed by atoms with E-state index in [1.54, 1.807) is 6.07 Å². The fraction of sp³-hybridized carbons (Fsp3) is 0.294. The smallest absolute Gasteiger partial charge is 0.127 e. The topological polar surface area (TPSA) is 29.3 Å². The first-order valence-electron chi connectivity index (χ1n) is 6.82. The molecule has 0 aliphatic rings. The van der Waals surface area contributed by atoms with E-state index in [2.05, 4.69) is 11.8 Å². The van der Waals surface area contributed by atoms with E-state index in [-0.39, 0.29) is 17.9 Å². The van der Waals surface area contributed by atoms with Gasteiger partial charge in [0.1, 0.15) is 5.82 Å². The largest absolute Gasteiger partial charge is 0.399 e. The molecule has 106 valence electrons. The molecule has 3 heteroatoms. The number of nitrogen functional groups attached to an aromatic ring is 1. The molecule has 2 atom stereocenters. The average Bonchev–Trinajstić information content (AvgIpc) is 2.45. The molecule has 2 N–H and O–H groups in total. The van der Waals surface area contributed by atoms with E-state index in [9.17, 15) is 4.39 Å². The summed E-state index contributed by atoms with van der Waals surface area (Å²) in [6, 6.07) is 14.9. The quantitative estimate of drug-likeness (QED) is 0.847. The molecule has 0 bridgehead atoms. The highest BCUT2D eigenvalue weighted by Gasteiger charge is 2.20. The van der Waals surface area contributed by atoms with Crippen LogP contribution in [0.3, 0.4) is 0 Å². The van der Waals surface area contributed by atoms with Crippen molar-refractivity contribution in [2.45, 2.75) is 25.9 Å². The summed E-state index contributed by atoms with van der Waals surface area (Å²) in [5, 5.41) is 0. The van der Waals surface area contributed by atoms with Gasteiger partial charge in [0.2, 0.25) is 0 Å². The molecule has 0 fully saturated rings. The molecule has 0 saturated carbocycles. The summed E-state index contributed by atoms with van der Waals surface area (Å²) < 4.78 is 13.9. The first-order valence-corrected chi connectivity index (χ1v) is 6.82. The number of hydrogen-bond acceptors (Lipinski definition) is 2. The lowest BCUT2D eigenvalue weighted by atomic mass is 10.0. The summed E-state index contributed by atoms with van der Waals surface area (Å²) in [5.74, 6) is -0.161. The Balaban J connectivity index is 2.22. The summed E-state index contributed by atoms with van der Waals surface area (Å²) in [6.07, 6.45) is 0. The van der Waals surface area contributed by atoms with Gasteiger partial charge in [-0.05, 0) is 44.7 Å². The maximum absolute atomic E-state index is 13.9. The molecule has 0 aliphatic carbocycles. The molecular weight excluding hydrogens is 251 g/mol. The number of anilines is 1. The number of hydrogen-bond donors (Lipinski definition) is 1. The van der Waals surface area contributed by atoms with Crippen molar-refractivity contribution >= 4 is 5.69 Å². The van der Waals surface area contributed by atoms with Crippen LogP contribution in [-0.4, -0.2) is 11.9 Å². The van der Waals surface area contributed by atoms with Crippen LogP contribution in [-0.2, 0) is 0 Å². The van der Waals surface area contributed by atoms with Gasteiger partial charge in [-0.3, -0.25) is 4.90 Å². The summed E-state index contributed by atoms with van der Waals surface area (Å²) in [6.45, 7) is 4.12. The van der Waals surface area contributed by atoms with Crippen LogP contribution in [0.2, 0.25) is 0 Å². The number of nitrogens with zero attached hydrogens (tertiary/aromatic N) is 1. The minimum absolute atomic E-state index is 0.00682. The molecule has 2 nitrogen and oxygen atoms in total. The van der Waals surface area contributed by atoms with Crippen LogP contribution in [0.4, 0.5) is 10.1 Å². The molecule has 0 heterocycles. The van der Waals surface area contributed by atoms with Crippen LogP contribution in [0, 0.1) is 5.82 Å². The van der Waals surface area contributed by atoms with Crippen LogP contribution in [0.5, 0.6) is 0 Å². The van der Waals surface area contributed by atoms with Gasteiger partial charge >= 0.3 is 0 Å². The molecule has 0 amide bonds. The second kappa shape index (κ2) is 6.06. The van der Waals surface area contributed by atoms with Crippen molar-refractivity contribution in [3.63, 3.8) is 0 Å². The zero-order valence-corrected chi connectivity index (χ0v) is 12.2. The van der Waals surface area contributed by atoms with Crippen molar-refractivity contribution in [2.75, 3.05) is 12.8 Å². The molecule has 0 aromatic heterocycles. The van der Waals surface area contributed by atoms with Crippen LogP contribution >= 0.6 is 0 Å². The maximum Gasteiger partial charge on any atom is 0.127 e. The summed E-state index contributed by atoms with van der Waals surface area (Å²) >= 11 is 0. The third kappa shape index (κ3) is 2.99. The normalized spacial score (nSPS) is 14.2. The number of rotatable bonds is 4. The Morgan fingerprint density at radius 3 is 2.35 bits per heavy atom. The fourth-order valence-electron chi connectivity index (χ4n) is 2.42. The molecule has 0 spiro atoms. The molecule has 0 aliphatic heterocycles. The summed E-state index contributed by atoms with van der Waals surface area (Å²) in [7, 11) is 2.00. The number of benzene rings is 2. The minimum atomic E-state index is -0.161. The predicted molar refractivity (Wildman–Crippen MR) is 81.8 cm³/mol. The van der Waals surface area contributed by atoms with Crippen LogP contribution in [0.25, 0.3) is 0 Å². The third-order valence-electron chi connectivity index (χ3n) is 3.97. The van der Waals surface area contributed by atoms with E-state index in [0.717, 1.165) is 11.3 Å². The van der Waals surface area contributed by atoms with E-state index >= 15 is 0 Å². The second-order valence-electron chi connectivity index (χ2n) is 5.21. The molecule has 0 saturated heterocycles.